The van der Waals surface area contributed by atoms with Crippen molar-refractivity contribution in [3.63, 3.8) is 0 Å². The Morgan fingerprint density at radius 2 is 2.33 bits per heavy atom. The summed E-state index contributed by atoms with van der Waals surface area (Å²) in [6.45, 7) is 0.576. The van der Waals surface area contributed by atoms with E-state index >= 15 is 0 Å². The number of halogens is 1. The van der Waals surface area contributed by atoms with Crippen molar-refractivity contribution in [2.45, 2.75) is 6.42 Å². The van der Waals surface area contributed by atoms with Crippen molar-refractivity contribution in [3.8, 4) is 11.8 Å². The van der Waals surface area contributed by atoms with Crippen LogP contribution in [0.3, 0.4) is 0 Å². The minimum Gasteiger partial charge on any atom is -0.351 e. The molecule has 0 bridgehead atoms. The number of imidazole rings is 1. The molecular formula is C15H15FN4O. The van der Waals surface area contributed by atoms with E-state index in [-0.39, 0.29) is 12.1 Å². The summed E-state index contributed by atoms with van der Waals surface area (Å²) in [7, 11) is 0. The molecule has 0 radical (unpaired) electrons. The zero-order valence-electron chi connectivity index (χ0n) is 11.3. The number of rotatable bonds is 4. The molecule has 0 aliphatic carbocycles. The highest BCUT2D eigenvalue weighted by Crippen LogP contribution is 2.10. The second-order valence-corrected chi connectivity index (χ2v) is 4.24. The number of H-pyrrole nitrogens is 1. The number of nitrogens with two attached hydrogens (primary N) is 1. The summed E-state index contributed by atoms with van der Waals surface area (Å²) in [5, 5.41) is 2.65. The van der Waals surface area contributed by atoms with E-state index in [2.05, 4.69) is 27.1 Å². The molecule has 108 valence electrons. The molecule has 1 aromatic heterocycles. The lowest BCUT2D eigenvalue weighted by Gasteiger charge is -2.06. The van der Waals surface area contributed by atoms with Crippen molar-refractivity contribution in [3.05, 3.63) is 53.4 Å². The molecule has 0 fully saturated rings. The third-order valence-electron chi connectivity index (χ3n) is 2.75. The lowest BCUT2D eigenvalue weighted by atomic mass is 10.1. The summed E-state index contributed by atoms with van der Waals surface area (Å²) in [4.78, 5) is 18.9. The van der Waals surface area contributed by atoms with Crippen molar-refractivity contribution in [2.24, 2.45) is 5.73 Å². The normalized spacial score (nSPS) is 9.81. The van der Waals surface area contributed by atoms with Gasteiger partial charge in [-0.2, -0.15) is 0 Å². The van der Waals surface area contributed by atoms with Crippen molar-refractivity contribution in [2.75, 3.05) is 13.1 Å². The number of aromatic amines is 1. The summed E-state index contributed by atoms with van der Waals surface area (Å²) >= 11 is 0. The van der Waals surface area contributed by atoms with E-state index in [1.54, 1.807) is 12.4 Å². The molecule has 0 unspecified atom stereocenters. The lowest BCUT2D eigenvalue weighted by Crippen LogP contribution is -2.26. The molecular weight excluding hydrogens is 271 g/mol. The second kappa shape index (κ2) is 7.22. The van der Waals surface area contributed by atoms with Crippen LogP contribution in [0.5, 0.6) is 0 Å². The van der Waals surface area contributed by atoms with Gasteiger partial charge < -0.3 is 16.0 Å². The summed E-state index contributed by atoms with van der Waals surface area (Å²) < 4.78 is 13.7. The standard InChI is InChI=1S/C15H15FN4O/c16-13-4-3-11(2-1-6-17)10-12(13)15(21)20-7-5-14-18-8-9-19-14/h3-4,8-10H,5-7,17H2,(H,18,19)(H,20,21). The van der Waals surface area contributed by atoms with Crippen LogP contribution < -0.4 is 11.1 Å². The minimum absolute atomic E-state index is 0.0294. The predicted octanol–water partition coefficient (Wildman–Crippen LogP) is 0.831. The van der Waals surface area contributed by atoms with Crippen molar-refractivity contribution < 1.29 is 9.18 Å². The van der Waals surface area contributed by atoms with Gasteiger partial charge in [0.05, 0.1) is 12.1 Å². The molecule has 21 heavy (non-hydrogen) atoms. The first-order chi connectivity index (χ1) is 10.2. The third kappa shape index (κ3) is 4.16. The van der Waals surface area contributed by atoms with Gasteiger partial charge in [0.2, 0.25) is 0 Å². The Kier molecular flexibility index (Phi) is 5.07. The van der Waals surface area contributed by atoms with Crippen LogP contribution in [0, 0.1) is 17.7 Å². The molecule has 5 nitrogen and oxygen atoms in total. The molecule has 0 saturated carbocycles. The molecule has 0 saturated heterocycles. The quantitative estimate of drug-likeness (QED) is 0.728. The van der Waals surface area contributed by atoms with Gasteiger partial charge in [0.15, 0.2) is 0 Å². The monoisotopic (exact) mass is 286 g/mol. The minimum atomic E-state index is -0.580. The van der Waals surface area contributed by atoms with E-state index < -0.39 is 11.7 Å². The van der Waals surface area contributed by atoms with Crippen LogP contribution in [-0.2, 0) is 6.42 Å². The van der Waals surface area contributed by atoms with Gasteiger partial charge >= 0.3 is 0 Å². The first-order valence-electron chi connectivity index (χ1n) is 6.45. The maximum Gasteiger partial charge on any atom is 0.254 e. The Bertz CT molecular complexity index is 671. The van der Waals surface area contributed by atoms with Crippen molar-refractivity contribution in [1.82, 2.24) is 15.3 Å². The highest BCUT2D eigenvalue weighted by molar-refractivity contribution is 5.94. The average molecular weight is 286 g/mol. The number of benzene rings is 1. The van der Waals surface area contributed by atoms with E-state index in [0.717, 1.165) is 5.82 Å². The van der Waals surface area contributed by atoms with Gasteiger partial charge in [-0.3, -0.25) is 4.79 Å². The van der Waals surface area contributed by atoms with E-state index in [4.69, 9.17) is 5.73 Å². The fraction of sp³-hybridized carbons (Fsp3) is 0.200. The number of hydrogen-bond acceptors (Lipinski definition) is 3. The van der Waals surface area contributed by atoms with Gasteiger partial charge in [0.25, 0.3) is 5.91 Å². The van der Waals surface area contributed by atoms with Crippen LogP contribution >= 0.6 is 0 Å². The van der Waals surface area contributed by atoms with Crippen LogP contribution in [0.1, 0.15) is 21.7 Å². The number of carbonyl (C=O) groups is 1. The number of nitrogens with one attached hydrogen (secondary N) is 2. The molecule has 1 amide bonds. The second-order valence-electron chi connectivity index (χ2n) is 4.24. The van der Waals surface area contributed by atoms with Crippen LogP contribution in [-0.4, -0.2) is 29.0 Å². The first kappa shape index (κ1) is 14.8. The maximum atomic E-state index is 13.7. The average Bonchev–Trinajstić information content (AvgIpc) is 2.99. The predicted molar refractivity (Wildman–Crippen MR) is 77.0 cm³/mol. The number of carbonyl (C=O) groups excluding carboxylic acids is 1. The van der Waals surface area contributed by atoms with Crippen LogP contribution in [0.25, 0.3) is 0 Å². The fourth-order valence-electron chi connectivity index (χ4n) is 1.75. The molecule has 0 spiro atoms. The number of aromatic nitrogens is 2. The fourth-order valence-corrected chi connectivity index (χ4v) is 1.75. The Labute approximate surface area is 121 Å². The number of hydrogen-bond donors (Lipinski definition) is 3. The molecule has 0 aliphatic heterocycles. The zero-order chi connectivity index (χ0) is 15.1. The summed E-state index contributed by atoms with van der Waals surface area (Å²) in [5.74, 6) is 5.14. The molecule has 4 N–H and O–H groups in total. The molecule has 6 heteroatoms. The van der Waals surface area contributed by atoms with E-state index in [9.17, 15) is 9.18 Å². The highest BCUT2D eigenvalue weighted by atomic mass is 19.1. The van der Waals surface area contributed by atoms with Crippen LogP contribution in [0.15, 0.2) is 30.6 Å². The first-order valence-corrected chi connectivity index (χ1v) is 6.45. The molecule has 1 heterocycles. The van der Waals surface area contributed by atoms with Gasteiger partial charge in [-0.1, -0.05) is 11.8 Å². The SMILES string of the molecule is NCC#Cc1ccc(F)c(C(=O)NCCc2ncc[nH]2)c1. The maximum absolute atomic E-state index is 13.7. The molecule has 1 aromatic carbocycles. The van der Waals surface area contributed by atoms with Crippen molar-refractivity contribution >= 4 is 5.91 Å². The van der Waals surface area contributed by atoms with E-state index in [1.165, 1.54) is 18.2 Å². The van der Waals surface area contributed by atoms with Gasteiger partial charge in [-0.25, -0.2) is 9.37 Å². The Morgan fingerprint density at radius 3 is 3.05 bits per heavy atom. The Hall–Kier alpha value is -2.65. The summed E-state index contributed by atoms with van der Waals surface area (Å²) in [6, 6.07) is 4.15. The summed E-state index contributed by atoms with van der Waals surface area (Å²) in [5.41, 5.74) is 5.80. The topological polar surface area (TPSA) is 83.8 Å². The molecule has 2 rings (SSSR count). The number of amides is 1. The van der Waals surface area contributed by atoms with E-state index in [0.29, 0.717) is 18.5 Å². The third-order valence-corrected chi connectivity index (χ3v) is 2.75. The largest absolute Gasteiger partial charge is 0.351 e. The van der Waals surface area contributed by atoms with Gasteiger partial charge in [-0.05, 0) is 18.2 Å². The smallest absolute Gasteiger partial charge is 0.254 e. The molecule has 0 atom stereocenters. The lowest BCUT2D eigenvalue weighted by molar-refractivity contribution is 0.0950. The highest BCUT2D eigenvalue weighted by Gasteiger charge is 2.11. The molecule has 0 aliphatic rings. The van der Waals surface area contributed by atoms with E-state index in [1.807, 2.05) is 0 Å². The number of nitrogens with zero attached hydrogens (tertiary/aromatic N) is 1. The van der Waals surface area contributed by atoms with Gasteiger partial charge in [-0.15, -0.1) is 0 Å². The van der Waals surface area contributed by atoms with Crippen LogP contribution in [0.2, 0.25) is 0 Å². The van der Waals surface area contributed by atoms with Crippen molar-refractivity contribution in [1.29, 1.82) is 0 Å². The van der Waals surface area contributed by atoms with Gasteiger partial charge in [0, 0.05) is 30.9 Å². The molecule has 2 aromatic rings. The Balaban J connectivity index is 2.00. The Morgan fingerprint density at radius 1 is 1.48 bits per heavy atom. The summed E-state index contributed by atoms with van der Waals surface area (Å²) in [6.07, 6.45) is 3.89. The van der Waals surface area contributed by atoms with Crippen LogP contribution in [0.4, 0.5) is 4.39 Å². The zero-order valence-corrected chi connectivity index (χ0v) is 11.3. The van der Waals surface area contributed by atoms with Gasteiger partial charge in [0.1, 0.15) is 11.6 Å².